The van der Waals surface area contributed by atoms with Crippen molar-refractivity contribution in [2.24, 2.45) is 0 Å². The third-order valence-corrected chi connectivity index (χ3v) is 6.80. The van der Waals surface area contributed by atoms with Gasteiger partial charge in [-0.05, 0) is 32.0 Å². The van der Waals surface area contributed by atoms with E-state index in [-0.39, 0.29) is 16.8 Å². The van der Waals surface area contributed by atoms with E-state index in [1.165, 1.54) is 23.3 Å². The van der Waals surface area contributed by atoms with Gasteiger partial charge in [-0.2, -0.15) is 0 Å². The monoisotopic (exact) mass is 448 g/mol. The predicted molar refractivity (Wildman–Crippen MR) is 122 cm³/mol. The molecule has 1 amide bonds. The van der Waals surface area contributed by atoms with Crippen molar-refractivity contribution in [1.82, 2.24) is 4.98 Å². The van der Waals surface area contributed by atoms with Gasteiger partial charge in [0.1, 0.15) is 11.6 Å². The Morgan fingerprint density at radius 1 is 1.03 bits per heavy atom. The molecule has 2 aromatic heterocycles. The van der Waals surface area contributed by atoms with E-state index in [0.717, 1.165) is 10.6 Å². The van der Waals surface area contributed by atoms with Crippen molar-refractivity contribution in [1.29, 1.82) is 0 Å². The van der Waals surface area contributed by atoms with Gasteiger partial charge in [-0.25, -0.2) is 4.98 Å². The lowest BCUT2D eigenvalue weighted by Crippen LogP contribution is -2.29. The number of nitrogens with zero attached hydrogens (tertiary/aromatic N) is 2. The average Bonchev–Trinajstić information content (AvgIpc) is 3.29. The van der Waals surface area contributed by atoms with Crippen LogP contribution in [0.5, 0.6) is 11.5 Å². The number of aryl methyl sites for hydroxylation is 2. The summed E-state index contributed by atoms with van der Waals surface area (Å²) in [5.74, 6) is 0.561. The summed E-state index contributed by atoms with van der Waals surface area (Å²) in [6.07, 6.45) is 0. The molecule has 162 valence electrons. The number of ether oxygens (including phenoxy) is 2. The number of thiazole rings is 1. The van der Waals surface area contributed by atoms with Gasteiger partial charge in [-0.15, -0.1) is 11.3 Å². The summed E-state index contributed by atoms with van der Waals surface area (Å²) in [5.41, 5.74) is 1.83. The molecule has 0 aliphatic carbocycles. The Morgan fingerprint density at radius 3 is 2.50 bits per heavy atom. The molecule has 8 heteroatoms. The molecule has 0 saturated carbocycles. The number of methoxy groups -OCH3 is 2. The molecule has 0 N–H and O–H groups in total. The molecule has 1 aliphatic heterocycles. The Kier molecular flexibility index (Phi) is 4.74. The summed E-state index contributed by atoms with van der Waals surface area (Å²) >= 11 is 1.40. The van der Waals surface area contributed by atoms with Crippen molar-refractivity contribution < 1.29 is 18.7 Å². The maximum atomic E-state index is 13.6. The number of carbonyl (C=O) groups is 1. The Hall–Kier alpha value is -3.65. The molecule has 0 fully saturated rings. The molecule has 0 radical (unpaired) electrons. The van der Waals surface area contributed by atoms with Gasteiger partial charge >= 0.3 is 0 Å². The quantitative estimate of drug-likeness (QED) is 0.453. The van der Waals surface area contributed by atoms with E-state index >= 15 is 0 Å². The van der Waals surface area contributed by atoms with Crippen LogP contribution in [0.25, 0.3) is 11.0 Å². The number of hydrogen-bond donors (Lipinski definition) is 0. The lowest BCUT2D eigenvalue weighted by molar-refractivity contribution is 0.0970. The molecule has 0 saturated heterocycles. The lowest BCUT2D eigenvalue weighted by Gasteiger charge is -2.24. The van der Waals surface area contributed by atoms with Gasteiger partial charge in [0.2, 0.25) is 5.76 Å². The van der Waals surface area contributed by atoms with Crippen LogP contribution < -0.4 is 19.8 Å². The van der Waals surface area contributed by atoms with E-state index < -0.39 is 11.9 Å². The van der Waals surface area contributed by atoms with Gasteiger partial charge in [-0.1, -0.05) is 24.3 Å². The van der Waals surface area contributed by atoms with Crippen LogP contribution in [-0.2, 0) is 0 Å². The van der Waals surface area contributed by atoms with Crippen molar-refractivity contribution in [3.8, 4) is 11.5 Å². The Morgan fingerprint density at radius 2 is 1.81 bits per heavy atom. The lowest BCUT2D eigenvalue weighted by atomic mass is 9.97. The Labute approximate surface area is 187 Å². The van der Waals surface area contributed by atoms with Crippen molar-refractivity contribution in [2.75, 3.05) is 19.1 Å². The summed E-state index contributed by atoms with van der Waals surface area (Å²) in [6.45, 7) is 3.84. The third-order valence-electron chi connectivity index (χ3n) is 5.73. The molecule has 1 unspecified atom stereocenters. The fourth-order valence-electron chi connectivity index (χ4n) is 4.10. The Bertz CT molecular complexity index is 1420. The highest BCUT2D eigenvalue weighted by molar-refractivity contribution is 7.15. The molecule has 5 rings (SSSR count). The average molecular weight is 449 g/mol. The van der Waals surface area contributed by atoms with E-state index in [2.05, 4.69) is 4.98 Å². The zero-order valence-corrected chi connectivity index (χ0v) is 18.8. The normalized spacial score (nSPS) is 15.3. The number of aromatic nitrogens is 1. The first-order valence-electron chi connectivity index (χ1n) is 10.0. The Balaban J connectivity index is 1.86. The molecular weight excluding hydrogens is 428 g/mol. The minimum Gasteiger partial charge on any atom is -0.493 e. The van der Waals surface area contributed by atoms with Crippen LogP contribution in [0.4, 0.5) is 5.13 Å². The fraction of sp³-hybridized carbons (Fsp3) is 0.208. The second kappa shape index (κ2) is 7.49. The molecule has 1 atom stereocenters. The third kappa shape index (κ3) is 2.83. The van der Waals surface area contributed by atoms with Crippen molar-refractivity contribution in [2.45, 2.75) is 19.9 Å². The van der Waals surface area contributed by atoms with Gasteiger partial charge in [0, 0.05) is 10.4 Å². The van der Waals surface area contributed by atoms with E-state index in [9.17, 15) is 9.59 Å². The number of rotatable bonds is 4. The summed E-state index contributed by atoms with van der Waals surface area (Å²) in [6, 6.07) is 11.6. The minimum atomic E-state index is -0.770. The number of hydrogen-bond acceptors (Lipinski definition) is 7. The molecule has 2 aromatic carbocycles. The molecule has 7 nitrogen and oxygen atoms in total. The summed E-state index contributed by atoms with van der Waals surface area (Å²) in [5, 5.41) is 0.911. The highest BCUT2D eigenvalue weighted by Gasteiger charge is 2.46. The first kappa shape index (κ1) is 20.3. The van der Waals surface area contributed by atoms with Crippen molar-refractivity contribution in [3.05, 3.63) is 80.1 Å². The van der Waals surface area contributed by atoms with Crippen LogP contribution in [0.1, 0.15) is 38.3 Å². The summed E-state index contributed by atoms with van der Waals surface area (Å²) in [4.78, 5) is 34.4. The molecule has 32 heavy (non-hydrogen) atoms. The van der Waals surface area contributed by atoms with Gasteiger partial charge in [0.25, 0.3) is 5.91 Å². The maximum Gasteiger partial charge on any atom is 0.297 e. The molecule has 0 spiro atoms. The van der Waals surface area contributed by atoms with Crippen LogP contribution in [0, 0.1) is 13.8 Å². The highest BCUT2D eigenvalue weighted by Crippen LogP contribution is 2.47. The number of fused-ring (bicyclic) bond motifs is 2. The predicted octanol–water partition coefficient (Wildman–Crippen LogP) is 4.63. The topological polar surface area (TPSA) is 81.9 Å². The number of para-hydroxylation sites is 2. The molecular formula is C24H20N2O5S. The van der Waals surface area contributed by atoms with Crippen LogP contribution >= 0.6 is 11.3 Å². The summed E-state index contributed by atoms with van der Waals surface area (Å²) < 4.78 is 17.1. The second-order valence-corrected chi connectivity index (χ2v) is 8.65. The SMILES string of the molecule is COc1cccc(C2c3c(oc4ccccc4c3=O)C(=O)N2c2nc(C)c(C)s2)c1OC. The van der Waals surface area contributed by atoms with Crippen molar-refractivity contribution in [3.63, 3.8) is 0 Å². The first-order valence-corrected chi connectivity index (χ1v) is 10.8. The zero-order valence-electron chi connectivity index (χ0n) is 18.0. The van der Waals surface area contributed by atoms with Crippen LogP contribution in [-0.4, -0.2) is 25.1 Å². The standard InChI is InChI=1S/C24H20N2O5S/c1-12-13(2)32-24(25-12)26-19(15-9-7-11-17(29-3)21(15)30-4)18-20(27)14-8-5-6-10-16(14)31-22(18)23(26)28/h5-11,19H,1-4H3. The van der Waals surface area contributed by atoms with Crippen LogP contribution in [0.15, 0.2) is 51.7 Å². The molecule has 4 aromatic rings. The van der Waals surface area contributed by atoms with E-state index in [1.54, 1.807) is 43.5 Å². The van der Waals surface area contributed by atoms with Crippen LogP contribution in [0.2, 0.25) is 0 Å². The number of benzene rings is 2. The number of carbonyl (C=O) groups excluding carboxylic acids is 1. The van der Waals surface area contributed by atoms with Crippen LogP contribution in [0.3, 0.4) is 0 Å². The van der Waals surface area contributed by atoms with Gasteiger partial charge in [-0.3, -0.25) is 14.5 Å². The second-order valence-electron chi connectivity index (χ2n) is 7.47. The molecule has 3 heterocycles. The summed E-state index contributed by atoms with van der Waals surface area (Å²) in [7, 11) is 3.08. The fourth-order valence-corrected chi connectivity index (χ4v) is 5.03. The number of anilines is 1. The first-order chi connectivity index (χ1) is 15.5. The smallest absolute Gasteiger partial charge is 0.297 e. The van der Waals surface area contributed by atoms with E-state index in [1.807, 2.05) is 19.9 Å². The van der Waals surface area contributed by atoms with Gasteiger partial charge in [0.15, 0.2) is 22.1 Å². The van der Waals surface area contributed by atoms with Crippen molar-refractivity contribution >= 4 is 33.3 Å². The minimum absolute atomic E-state index is 0.0223. The molecule has 1 aliphatic rings. The largest absolute Gasteiger partial charge is 0.493 e. The highest BCUT2D eigenvalue weighted by atomic mass is 32.1. The number of amides is 1. The zero-order chi connectivity index (χ0) is 22.6. The van der Waals surface area contributed by atoms with E-state index in [4.69, 9.17) is 13.9 Å². The maximum absolute atomic E-state index is 13.6. The molecule has 0 bridgehead atoms. The van der Waals surface area contributed by atoms with Gasteiger partial charge < -0.3 is 13.9 Å². The van der Waals surface area contributed by atoms with Gasteiger partial charge in [0.05, 0.1) is 30.9 Å². The van der Waals surface area contributed by atoms with E-state index in [0.29, 0.717) is 33.2 Å².